The van der Waals surface area contributed by atoms with Gasteiger partial charge in [-0.1, -0.05) is 24.3 Å². The van der Waals surface area contributed by atoms with Crippen LogP contribution in [0.3, 0.4) is 0 Å². The van der Waals surface area contributed by atoms with Gasteiger partial charge in [0, 0.05) is 32.4 Å². The molecule has 27 heavy (non-hydrogen) atoms. The molecule has 0 N–H and O–H groups in total. The first-order chi connectivity index (χ1) is 13.2. The molecule has 0 saturated carbocycles. The maximum atomic E-state index is 5.60. The van der Waals surface area contributed by atoms with Gasteiger partial charge in [-0.15, -0.1) is 0 Å². The highest BCUT2D eigenvalue weighted by atomic mass is 16.5. The minimum atomic E-state index is 0.627. The minimum absolute atomic E-state index is 0.627. The predicted molar refractivity (Wildman–Crippen MR) is 113 cm³/mol. The van der Waals surface area contributed by atoms with E-state index < -0.39 is 0 Å². The molecule has 2 aliphatic rings. The zero-order valence-corrected chi connectivity index (χ0v) is 17.0. The largest absolute Gasteiger partial charge is 0.496 e. The zero-order chi connectivity index (χ0) is 18.8. The molecule has 0 fully saturated rings. The van der Waals surface area contributed by atoms with Gasteiger partial charge in [-0.3, -0.25) is 0 Å². The summed E-state index contributed by atoms with van der Waals surface area (Å²) in [6, 6.07) is 13.6. The van der Waals surface area contributed by atoms with E-state index in [0.29, 0.717) is 5.92 Å². The molecule has 0 spiro atoms. The van der Waals surface area contributed by atoms with Crippen LogP contribution in [0, 0.1) is 0 Å². The van der Waals surface area contributed by atoms with Gasteiger partial charge in [-0.25, -0.2) is 0 Å². The molecular weight excluding hydrogens is 332 g/mol. The quantitative estimate of drug-likeness (QED) is 0.761. The lowest BCUT2D eigenvalue weighted by Gasteiger charge is -2.30. The Morgan fingerprint density at radius 2 is 2.07 bits per heavy atom. The minimum Gasteiger partial charge on any atom is -0.496 e. The van der Waals surface area contributed by atoms with Crippen LogP contribution in [0.4, 0.5) is 5.69 Å². The number of fused-ring (bicyclic) bond motifs is 2. The standard InChI is InChI=1S/C24H32N2O/c1-25(14-12-18-10-11-23-19(16-18)13-15-26(23)2)17-20-6-4-8-22-21(20)7-5-9-24(22)27-3/h5,7,9-11,16,20H,4,6,8,12-15,17H2,1-3H3. The molecule has 0 aromatic heterocycles. The molecule has 3 heteroatoms. The predicted octanol–water partition coefficient (Wildman–Crippen LogP) is 4.28. The van der Waals surface area contributed by atoms with Crippen LogP contribution in [0.2, 0.25) is 0 Å². The summed E-state index contributed by atoms with van der Waals surface area (Å²) in [6.45, 7) is 3.40. The molecule has 1 unspecified atom stereocenters. The van der Waals surface area contributed by atoms with E-state index in [1.54, 1.807) is 7.11 Å². The highest BCUT2D eigenvalue weighted by molar-refractivity contribution is 5.58. The van der Waals surface area contributed by atoms with E-state index in [1.807, 2.05) is 0 Å². The van der Waals surface area contributed by atoms with Gasteiger partial charge in [0.1, 0.15) is 5.75 Å². The third-order valence-electron chi connectivity index (χ3n) is 6.39. The van der Waals surface area contributed by atoms with Gasteiger partial charge in [0.2, 0.25) is 0 Å². The van der Waals surface area contributed by atoms with Crippen LogP contribution in [0.1, 0.15) is 41.0 Å². The average Bonchev–Trinajstić information content (AvgIpc) is 3.06. The number of methoxy groups -OCH3 is 1. The van der Waals surface area contributed by atoms with Gasteiger partial charge < -0.3 is 14.5 Å². The molecule has 0 saturated heterocycles. The van der Waals surface area contributed by atoms with Crippen molar-refractivity contribution in [2.45, 2.75) is 38.0 Å². The van der Waals surface area contributed by atoms with Crippen LogP contribution in [0.15, 0.2) is 36.4 Å². The normalized spacial score (nSPS) is 18.5. The van der Waals surface area contributed by atoms with Crippen molar-refractivity contribution in [1.82, 2.24) is 4.90 Å². The highest BCUT2D eigenvalue weighted by Crippen LogP contribution is 2.37. The van der Waals surface area contributed by atoms with Crippen molar-refractivity contribution in [1.29, 1.82) is 0 Å². The average molecular weight is 365 g/mol. The molecule has 0 bridgehead atoms. The summed E-state index contributed by atoms with van der Waals surface area (Å²) in [5.41, 5.74) is 7.35. The van der Waals surface area contributed by atoms with Crippen molar-refractivity contribution in [2.24, 2.45) is 0 Å². The summed E-state index contributed by atoms with van der Waals surface area (Å²) in [4.78, 5) is 4.87. The third-order valence-corrected chi connectivity index (χ3v) is 6.39. The first kappa shape index (κ1) is 18.4. The number of likely N-dealkylation sites (N-methyl/N-ethyl adjacent to an activating group) is 2. The van der Waals surface area contributed by atoms with Crippen molar-refractivity contribution in [3.05, 3.63) is 58.7 Å². The summed E-state index contributed by atoms with van der Waals surface area (Å²) in [5.74, 6) is 1.70. The topological polar surface area (TPSA) is 15.7 Å². The molecule has 0 amide bonds. The Bertz CT molecular complexity index is 801. The fourth-order valence-corrected chi connectivity index (χ4v) is 4.86. The Morgan fingerprint density at radius 3 is 2.93 bits per heavy atom. The van der Waals surface area contributed by atoms with Gasteiger partial charge in [0.05, 0.1) is 7.11 Å². The number of ether oxygens (including phenoxy) is 1. The van der Waals surface area contributed by atoms with E-state index in [1.165, 1.54) is 47.2 Å². The molecule has 1 atom stereocenters. The van der Waals surface area contributed by atoms with E-state index in [4.69, 9.17) is 4.74 Å². The summed E-state index contributed by atoms with van der Waals surface area (Å²) >= 11 is 0. The Morgan fingerprint density at radius 1 is 1.19 bits per heavy atom. The zero-order valence-electron chi connectivity index (χ0n) is 17.0. The van der Waals surface area contributed by atoms with Crippen LogP contribution in [0.25, 0.3) is 0 Å². The lowest BCUT2D eigenvalue weighted by Crippen LogP contribution is -2.28. The smallest absolute Gasteiger partial charge is 0.122 e. The maximum Gasteiger partial charge on any atom is 0.122 e. The van der Waals surface area contributed by atoms with Crippen molar-refractivity contribution in [3.63, 3.8) is 0 Å². The second kappa shape index (κ2) is 7.93. The van der Waals surface area contributed by atoms with Gasteiger partial charge in [-0.2, -0.15) is 0 Å². The van der Waals surface area contributed by atoms with Crippen LogP contribution in [-0.4, -0.2) is 45.7 Å². The number of benzene rings is 2. The van der Waals surface area contributed by atoms with Crippen molar-refractivity contribution < 1.29 is 4.74 Å². The van der Waals surface area contributed by atoms with Crippen LogP contribution in [0.5, 0.6) is 5.75 Å². The monoisotopic (exact) mass is 364 g/mol. The molecule has 0 radical (unpaired) electrons. The lowest BCUT2D eigenvalue weighted by molar-refractivity contribution is 0.299. The van der Waals surface area contributed by atoms with Crippen LogP contribution >= 0.6 is 0 Å². The summed E-state index contributed by atoms with van der Waals surface area (Å²) in [7, 11) is 6.26. The second-order valence-corrected chi connectivity index (χ2v) is 8.26. The number of rotatable bonds is 6. The fraction of sp³-hybridized carbons (Fsp3) is 0.500. The van der Waals surface area contributed by atoms with Gasteiger partial charge >= 0.3 is 0 Å². The fourth-order valence-electron chi connectivity index (χ4n) is 4.86. The Labute approximate surface area is 163 Å². The number of nitrogens with zero attached hydrogens (tertiary/aromatic N) is 2. The second-order valence-electron chi connectivity index (χ2n) is 8.26. The molecule has 1 heterocycles. The van der Waals surface area contributed by atoms with E-state index in [9.17, 15) is 0 Å². The van der Waals surface area contributed by atoms with Crippen molar-refractivity contribution in [3.8, 4) is 5.75 Å². The van der Waals surface area contributed by atoms with Gasteiger partial charge in [0.15, 0.2) is 0 Å². The third kappa shape index (κ3) is 3.84. The van der Waals surface area contributed by atoms with Gasteiger partial charge in [-0.05, 0) is 79.5 Å². The number of anilines is 1. The summed E-state index contributed by atoms with van der Waals surface area (Å²) in [6.07, 6.45) is 6.03. The molecule has 4 rings (SSSR count). The van der Waals surface area contributed by atoms with Crippen molar-refractivity contribution in [2.75, 3.05) is 45.7 Å². The van der Waals surface area contributed by atoms with E-state index in [-0.39, 0.29) is 0 Å². The molecule has 2 aromatic carbocycles. The van der Waals surface area contributed by atoms with E-state index >= 15 is 0 Å². The number of hydrogen-bond acceptors (Lipinski definition) is 3. The van der Waals surface area contributed by atoms with Crippen LogP contribution < -0.4 is 9.64 Å². The summed E-state index contributed by atoms with van der Waals surface area (Å²) in [5, 5.41) is 0. The maximum absolute atomic E-state index is 5.60. The molecule has 1 aliphatic heterocycles. The van der Waals surface area contributed by atoms with E-state index in [2.05, 4.69) is 60.3 Å². The Kier molecular flexibility index (Phi) is 5.40. The molecule has 144 valence electrons. The van der Waals surface area contributed by atoms with Crippen LogP contribution in [-0.2, 0) is 19.3 Å². The Balaban J connectivity index is 1.38. The van der Waals surface area contributed by atoms with E-state index in [0.717, 1.165) is 38.2 Å². The number of hydrogen-bond donors (Lipinski definition) is 0. The van der Waals surface area contributed by atoms with Crippen molar-refractivity contribution >= 4 is 5.69 Å². The SMILES string of the molecule is COc1cccc2c1CCCC2CN(C)CCc1ccc2c(c1)CCN2C. The molecule has 2 aromatic rings. The summed E-state index contributed by atoms with van der Waals surface area (Å²) < 4.78 is 5.60. The molecular formula is C24H32N2O. The molecule has 3 nitrogen and oxygen atoms in total. The van der Waals surface area contributed by atoms with Gasteiger partial charge in [0.25, 0.3) is 0 Å². The highest BCUT2D eigenvalue weighted by Gasteiger charge is 2.23. The first-order valence-electron chi connectivity index (χ1n) is 10.3. The first-order valence-corrected chi connectivity index (χ1v) is 10.3. The lowest BCUT2D eigenvalue weighted by atomic mass is 9.82. The Hall–Kier alpha value is -2.00. The molecule has 1 aliphatic carbocycles.